The minimum Gasteiger partial charge on any atom is -0.393 e. The van der Waals surface area contributed by atoms with Crippen molar-refractivity contribution >= 4 is 15.9 Å². The van der Waals surface area contributed by atoms with Gasteiger partial charge in [0.2, 0.25) is 0 Å². The fourth-order valence-corrected chi connectivity index (χ4v) is 2.51. The van der Waals surface area contributed by atoms with Crippen LogP contribution in [0.5, 0.6) is 0 Å². The maximum Gasteiger partial charge on any atom is 0.0541 e. The lowest BCUT2D eigenvalue weighted by Gasteiger charge is -2.26. The SMILES string of the molecule is OC1CCC(NCc2cncc(Br)c2)CC1. The largest absolute Gasteiger partial charge is 0.393 e. The van der Waals surface area contributed by atoms with Gasteiger partial charge in [-0.3, -0.25) is 4.98 Å². The Morgan fingerprint density at radius 3 is 2.75 bits per heavy atom. The molecule has 0 amide bonds. The van der Waals surface area contributed by atoms with E-state index >= 15 is 0 Å². The molecule has 0 bridgehead atoms. The number of hydrogen-bond donors (Lipinski definition) is 2. The molecule has 1 aromatic rings. The molecule has 3 nitrogen and oxygen atoms in total. The topological polar surface area (TPSA) is 45.1 Å². The molecule has 1 saturated carbocycles. The monoisotopic (exact) mass is 284 g/mol. The number of rotatable bonds is 3. The molecule has 4 heteroatoms. The number of aromatic nitrogens is 1. The summed E-state index contributed by atoms with van der Waals surface area (Å²) >= 11 is 3.41. The van der Waals surface area contributed by atoms with Crippen molar-refractivity contribution in [1.82, 2.24) is 10.3 Å². The molecule has 0 aromatic carbocycles. The Kier molecular flexibility index (Phi) is 4.32. The fraction of sp³-hybridized carbons (Fsp3) is 0.583. The van der Waals surface area contributed by atoms with Gasteiger partial charge in [0.1, 0.15) is 0 Å². The highest BCUT2D eigenvalue weighted by Gasteiger charge is 2.18. The van der Waals surface area contributed by atoms with Crippen molar-refractivity contribution in [3.05, 3.63) is 28.5 Å². The molecule has 16 heavy (non-hydrogen) atoms. The van der Waals surface area contributed by atoms with E-state index < -0.39 is 0 Å². The lowest BCUT2D eigenvalue weighted by molar-refractivity contribution is 0.116. The minimum absolute atomic E-state index is 0.0782. The average molecular weight is 285 g/mol. The van der Waals surface area contributed by atoms with Crippen molar-refractivity contribution in [3.8, 4) is 0 Å². The summed E-state index contributed by atoms with van der Waals surface area (Å²) in [4.78, 5) is 4.13. The van der Waals surface area contributed by atoms with Gasteiger partial charge < -0.3 is 10.4 Å². The van der Waals surface area contributed by atoms with E-state index in [1.165, 1.54) is 5.56 Å². The second-order valence-corrected chi connectivity index (χ2v) is 5.31. The first kappa shape index (κ1) is 12.0. The lowest BCUT2D eigenvalue weighted by Crippen LogP contribution is -2.34. The van der Waals surface area contributed by atoms with Gasteiger partial charge >= 0.3 is 0 Å². The van der Waals surface area contributed by atoms with Gasteiger partial charge in [0.25, 0.3) is 0 Å². The Hall–Kier alpha value is -0.450. The predicted octanol–water partition coefficient (Wildman–Crippen LogP) is 2.24. The van der Waals surface area contributed by atoms with Crippen LogP contribution in [0, 0.1) is 0 Å². The molecule has 1 aliphatic rings. The van der Waals surface area contributed by atoms with Crippen LogP contribution in [0.4, 0.5) is 0 Å². The quantitative estimate of drug-likeness (QED) is 0.895. The normalized spacial score (nSPS) is 25.6. The fourth-order valence-electron chi connectivity index (χ4n) is 2.09. The summed E-state index contributed by atoms with van der Waals surface area (Å²) in [6.45, 7) is 0.854. The molecule has 1 fully saturated rings. The molecule has 1 aliphatic carbocycles. The second kappa shape index (κ2) is 5.75. The molecule has 0 unspecified atom stereocenters. The van der Waals surface area contributed by atoms with E-state index in [2.05, 4.69) is 32.3 Å². The Bertz CT molecular complexity index is 338. The van der Waals surface area contributed by atoms with Crippen LogP contribution in [0.15, 0.2) is 22.9 Å². The zero-order chi connectivity index (χ0) is 11.4. The summed E-state index contributed by atoms with van der Waals surface area (Å²) in [6, 6.07) is 2.62. The van der Waals surface area contributed by atoms with Crippen LogP contribution < -0.4 is 5.32 Å². The maximum absolute atomic E-state index is 9.40. The third kappa shape index (κ3) is 3.54. The van der Waals surface area contributed by atoms with Crippen LogP contribution in [0.3, 0.4) is 0 Å². The molecule has 2 N–H and O–H groups in total. The zero-order valence-corrected chi connectivity index (χ0v) is 10.8. The summed E-state index contributed by atoms with van der Waals surface area (Å²) in [6.07, 6.45) is 7.59. The average Bonchev–Trinajstić information content (AvgIpc) is 2.28. The van der Waals surface area contributed by atoms with Crippen molar-refractivity contribution in [3.63, 3.8) is 0 Å². The number of nitrogens with zero attached hydrogens (tertiary/aromatic N) is 1. The van der Waals surface area contributed by atoms with Crippen molar-refractivity contribution in [2.24, 2.45) is 0 Å². The van der Waals surface area contributed by atoms with Crippen molar-refractivity contribution < 1.29 is 5.11 Å². The van der Waals surface area contributed by atoms with E-state index in [-0.39, 0.29) is 6.10 Å². The smallest absolute Gasteiger partial charge is 0.0541 e. The van der Waals surface area contributed by atoms with E-state index in [9.17, 15) is 5.11 Å². The molecule has 0 aliphatic heterocycles. The van der Waals surface area contributed by atoms with Gasteiger partial charge in [-0.2, -0.15) is 0 Å². The Morgan fingerprint density at radius 2 is 2.06 bits per heavy atom. The first-order chi connectivity index (χ1) is 7.74. The summed E-state index contributed by atoms with van der Waals surface area (Å²) < 4.78 is 1.02. The Labute approximate surface area is 104 Å². The number of halogens is 1. The number of hydrogen-bond acceptors (Lipinski definition) is 3. The number of nitrogens with one attached hydrogen (secondary N) is 1. The second-order valence-electron chi connectivity index (χ2n) is 4.40. The number of aliphatic hydroxyl groups is 1. The van der Waals surface area contributed by atoms with E-state index in [0.29, 0.717) is 6.04 Å². The minimum atomic E-state index is -0.0782. The number of pyridine rings is 1. The van der Waals surface area contributed by atoms with Crippen LogP contribution in [-0.2, 0) is 6.54 Å². The van der Waals surface area contributed by atoms with Gasteiger partial charge in [0, 0.05) is 29.5 Å². The number of aliphatic hydroxyl groups excluding tert-OH is 1. The third-order valence-corrected chi connectivity index (χ3v) is 3.49. The lowest BCUT2D eigenvalue weighted by atomic mass is 9.93. The molecule has 1 heterocycles. The van der Waals surface area contributed by atoms with Crippen molar-refractivity contribution in [2.45, 2.75) is 44.4 Å². The summed E-state index contributed by atoms with van der Waals surface area (Å²) in [5, 5.41) is 12.9. The van der Waals surface area contributed by atoms with Gasteiger partial charge in [0.15, 0.2) is 0 Å². The molecule has 0 saturated heterocycles. The molecule has 0 atom stereocenters. The van der Waals surface area contributed by atoms with E-state index in [1.807, 2.05) is 6.20 Å². The van der Waals surface area contributed by atoms with E-state index in [4.69, 9.17) is 0 Å². The van der Waals surface area contributed by atoms with Gasteiger partial charge in [-0.15, -0.1) is 0 Å². The first-order valence-corrected chi connectivity index (χ1v) is 6.54. The van der Waals surface area contributed by atoms with Gasteiger partial charge in [-0.05, 0) is 53.2 Å². The summed E-state index contributed by atoms with van der Waals surface area (Å²) in [7, 11) is 0. The van der Waals surface area contributed by atoms with Crippen LogP contribution >= 0.6 is 15.9 Å². The summed E-state index contributed by atoms with van der Waals surface area (Å²) in [5.41, 5.74) is 1.19. The van der Waals surface area contributed by atoms with Crippen molar-refractivity contribution in [1.29, 1.82) is 0 Å². The maximum atomic E-state index is 9.40. The van der Waals surface area contributed by atoms with Gasteiger partial charge in [0.05, 0.1) is 6.10 Å². The summed E-state index contributed by atoms with van der Waals surface area (Å²) in [5.74, 6) is 0. The molecular formula is C12H17BrN2O. The molecule has 1 aromatic heterocycles. The van der Waals surface area contributed by atoms with Crippen molar-refractivity contribution in [2.75, 3.05) is 0 Å². The van der Waals surface area contributed by atoms with Crippen LogP contribution in [0.1, 0.15) is 31.2 Å². The highest BCUT2D eigenvalue weighted by molar-refractivity contribution is 9.10. The highest BCUT2D eigenvalue weighted by atomic mass is 79.9. The van der Waals surface area contributed by atoms with E-state index in [1.54, 1.807) is 6.20 Å². The first-order valence-electron chi connectivity index (χ1n) is 5.75. The molecular weight excluding hydrogens is 268 g/mol. The zero-order valence-electron chi connectivity index (χ0n) is 9.19. The Balaban J connectivity index is 1.79. The molecule has 88 valence electrons. The van der Waals surface area contributed by atoms with Crippen LogP contribution in [0.25, 0.3) is 0 Å². The Morgan fingerprint density at radius 1 is 1.31 bits per heavy atom. The standard InChI is InChI=1S/C12H17BrN2O/c13-10-5-9(6-14-8-10)7-15-11-1-3-12(16)4-2-11/h5-6,8,11-12,15-16H,1-4,7H2. The van der Waals surface area contributed by atoms with Crippen LogP contribution in [-0.4, -0.2) is 22.2 Å². The highest BCUT2D eigenvalue weighted by Crippen LogP contribution is 2.18. The van der Waals surface area contributed by atoms with Gasteiger partial charge in [-0.25, -0.2) is 0 Å². The van der Waals surface area contributed by atoms with Crippen LogP contribution in [0.2, 0.25) is 0 Å². The molecule has 2 rings (SSSR count). The predicted molar refractivity (Wildman–Crippen MR) is 67.0 cm³/mol. The van der Waals surface area contributed by atoms with Gasteiger partial charge in [-0.1, -0.05) is 0 Å². The van der Waals surface area contributed by atoms with E-state index in [0.717, 1.165) is 36.7 Å². The molecule has 0 spiro atoms. The molecule has 0 radical (unpaired) electrons. The third-order valence-electron chi connectivity index (χ3n) is 3.05.